The molecule has 166 valence electrons. The van der Waals surface area contributed by atoms with Gasteiger partial charge in [-0.15, -0.1) is 0 Å². The van der Waals surface area contributed by atoms with Crippen LogP contribution in [0.25, 0.3) is 33.2 Å². The maximum atomic E-state index is 14.1. The van der Waals surface area contributed by atoms with Gasteiger partial charge in [0.25, 0.3) is 0 Å². The highest BCUT2D eigenvalue weighted by Gasteiger charge is 2.38. The molecular weight excluding hydrogens is 421 g/mol. The van der Waals surface area contributed by atoms with Crippen LogP contribution in [0.4, 0.5) is 18.9 Å². The highest BCUT2D eigenvalue weighted by molar-refractivity contribution is 5.92. The molecule has 5 rings (SSSR count). The van der Waals surface area contributed by atoms with E-state index in [1.165, 1.54) is 18.3 Å². The molecule has 0 atom stereocenters. The summed E-state index contributed by atoms with van der Waals surface area (Å²) < 4.78 is 44.0. The molecule has 4 aromatic rings. The zero-order valence-electron chi connectivity index (χ0n) is 17.5. The van der Waals surface area contributed by atoms with E-state index < -0.39 is 11.7 Å². The van der Waals surface area contributed by atoms with E-state index in [1.54, 1.807) is 29.6 Å². The Morgan fingerprint density at radius 1 is 1.16 bits per heavy atom. The van der Waals surface area contributed by atoms with Gasteiger partial charge in [0, 0.05) is 61.3 Å². The number of phenolic OH excluding ortho intramolecular Hbond substituents is 1. The van der Waals surface area contributed by atoms with Crippen LogP contribution in [0, 0.1) is 6.92 Å². The van der Waals surface area contributed by atoms with Gasteiger partial charge in [0.1, 0.15) is 5.75 Å². The number of anilines is 1. The van der Waals surface area contributed by atoms with Gasteiger partial charge in [0.15, 0.2) is 5.65 Å². The molecule has 1 saturated heterocycles. The van der Waals surface area contributed by atoms with Crippen molar-refractivity contribution in [2.75, 3.05) is 31.1 Å². The van der Waals surface area contributed by atoms with Crippen LogP contribution in [0.5, 0.6) is 5.75 Å². The van der Waals surface area contributed by atoms with Crippen LogP contribution in [0.2, 0.25) is 0 Å². The van der Waals surface area contributed by atoms with Crippen LogP contribution in [0.3, 0.4) is 0 Å². The smallest absolute Gasteiger partial charge is 0.419 e. The van der Waals surface area contributed by atoms with E-state index in [-0.39, 0.29) is 22.5 Å². The number of alkyl halides is 3. The standard InChI is InChI=1S/C22H21F3N6O/c1-12-19-13(11-30(2)29-19)9-15(20(12)32)16-4-3-14-18(22(23,24)25)17(10-27-21(14)28-16)31-7-5-26-6-8-31/h3-4,9-11,26,32H,5-8H2,1-2H3. The molecule has 32 heavy (non-hydrogen) atoms. The number of halogens is 3. The van der Waals surface area contributed by atoms with E-state index in [0.29, 0.717) is 48.5 Å². The summed E-state index contributed by atoms with van der Waals surface area (Å²) in [6, 6.07) is 4.62. The molecule has 1 aromatic carbocycles. The van der Waals surface area contributed by atoms with E-state index >= 15 is 0 Å². The SMILES string of the molecule is Cc1c(O)c(-c2ccc3c(C(F)(F)F)c(N4CCNCC4)cnc3n2)cc2cn(C)nc12. The van der Waals surface area contributed by atoms with E-state index in [2.05, 4.69) is 20.4 Å². The minimum atomic E-state index is -4.56. The Hall–Kier alpha value is -3.40. The van der Waals surface area contributed by atoms with Crippen LogP contribution in [0.1, 0.15) is 11.1 Å². The maximum absolute atomic E-state index is 14.1. The van der Waals surface area contributed by atoms with Gasteiger partial charge >= 0.3 is 6.18 Å². The quantitative estimate of drug-likeness (QED) is 0.494. The number of aromatic nitrogens is 4. The molecule has 4 heterocycles. The molecule has 1 aliphatic heterocycles. The van der Waals surface area contributed by atoms with Crippen molar-refractivity contribution in [3.63, 3.8) is 0 Å². The molecule has 1 aliphatic rings. The number of nitrogens with one attached hydrogen (secondary N) is 1. The molecule has 0 amide bonds. The fourth-order valence-corrected chi connectivity index (χ4v) is 4.30. The van der Waals surface area contributed by atoms with Gasteiger partial charge < -0.3 is 15.3 Å². The second-order valence-electron chi connectivity index (χ2n) is 7.96. The third kappa shape index (κ3) is 3.31. The van der Waals surface area contributed by atoms with E-state index in [4.69, 9.17) is 0 Å². The Morgan fingerprint density at radius 2 is 1.91 bits per heavy atom. The number of hydrogen-bond donors (Lipinski definition) is 2. The van der Waals surface area contributed by atoms with Gasteiger partial charge in [-0.2, -0.15) is 18.3 Å². The lowest BCUT2D eigenvalue weighted by molar-refractivity contribution is -0.135. The Morgan fingerprint density at radius 3 is 2.62 bits per heavy atom. The lowest BCUT2D eigenvalue weighted by Gasteiger charge is -2.31. The summed E-state index contributed by atoms with van der Waals surface area (Å²) in [6.45, 7) is 3.92. The number of hydrogen-bond acceptors (Lipinski definition) is 6. The van der Waals surface area contributed by atoms with Crippen molar-refractivity contribution >= 4 is 27.6 Å². The normalized spacial score (nSPS) is 15.1. The second kappa shape index (κ2) is 7.33. The molecular formula is C22H21F3N6O. The number of rotatable bonds is 2. The van der Waals surface area contributed by atoms with Crippen LogP contribution < -0.4 is 10.2 Å². The molecule has 3 aromatic heterocycles. The highest BCUT2D eigenvalue weighted by Crippen LogP contribution is 2.42. The number of fused-ring (bicyclic) bond motifs is 2. The largest absolute Gasteiger partial charge is 0.507 e. The first-order valence-electron chi connectivity index (χ1n) is 10.2. The number of pyridine rings is 2. The Kier molecular flexibility index (Phi) is 4.70. The highest BCUT2D eigenvalue weighted by atomic mass is 19.4. The minimum absolute atomic E-state index is 0.00321. The summed E-state index contributed by atoms with van der Waals surface area (Å²) in [7, 11) is 1.78. The van der Waals surface area contributed by atoms with E-state index in [1.807, 2.05) is 6.20 Å². The Labute approximate surface area is 181 Å². The lowest BCUT2D eigenvalue weighted by Crippen LogP contribution is -2.44. The molecule has 0 spiro atoms. The fourth-order valence-electron chi connectivity index (χ4n) is 4.30. The lowest BCUT2D eigenvalue weighted by atomic mass is 10.0. The van der Waals surface area contributed by atoms with Gasteiger partial charge in [-0.05, 0) is 25.1 Å². The predicted molar refractivity (Wildman–Crippen MR) is 116 cm³/mol. The summed E-state index contributed by atoms with van der Waals surface area (Å²) in [4.78, 5) is 10.4. The fraction of sp³-hybridized carbons (Fsp3) is 0.318. The molecule has 10 heteroatoms. The third-order valence-corrected chi connectivity index (χ3v) is 5.85. The van der Waals surface area contributed by atoms with Crippen LogP contribution in [-0.4, -0.2) is 51.0 Å². The Balaban J connectivity index is 1.68. The van der Waals surface area contributed by atoms with Crippen molar-refractivity contribution in [1.29, 1.82) is 0 Å². The second-order valence-corrected chi connectivity index (χ2v) is 7.96. The van der Waals surface area contributed by atoms with Gasteiger partial charge in [0.05, 0.1) is 28.7 Å². The number of aryl methyl sites for hydroxylation is 2. The maximum Gasteiger partial charge on any atom is 0.419 e. The Bertz CT molecular complexity index is 1340. The van der Waals surface area contributed by atoms with E-state index in [0.717, 1.165) is 5.39 Å². The zero-order chi connectivity index (χ0) is 22.6. The molecule has 7 nitrogen and oxygen atoms in total. The predicted octanol–water partition coefficient (Wildman–Crippen LogP) is 3.63. The number of piperazine rings is 1. The van der Waals surface area contributed by atoms with Crippen molar-refractivity contribution in [3.05, 3.63) is 41.7 Å². The van der Waals surface area contributed by atoms with Gasteiger partial charge in [-0.1, -0.05) is 0 Å². The molecule has 0 unspecified atom stereocenters. The molecule has 1 fully saturated rings. The van der Waals surface area contributed by atoms with Crippen molar-refractivity contribution < 1.29 is 18.3 Å². The van der Waals surface area contributed by atoms with Crippen molar-refractivity contribution in [3.8, 4) is 17.0 Å². The van der Waals surface area contributed by atoms with Gasteiger partial charge in [-0.3, -0.25) is 4.68 Å². The third-order valence-electron chi connectivity index (χ3n) is 5.85. The molecule has 0 radical (unpaired) electrons. The summed E-state index contributed by atoms with van der Waals surface area (Å²) in [5.41, 5.74) is 1.33. The van der Waals surface area contributed by atoms with Crippen LogP contribution >= 0.6 is 0 Å². The molecule has 2 N–H and O–H groups in total. The molecule has 0 aliphatic carbocycles. The topological polar surface area (TPSA) is 79.1 Å². The van der Waals surface area contributed by atoms with Crippen LogP contribution in [0.15, 0.2) is 30.6 Å². The average Bonchev–Trinajstić information content (AvgIpc) is 3.15. The number of nitrogens with zero attached hydrogens (tertiary/aromatic N) is 5. The summed E-state index contributed by atoms with van der Waals surface area (Å²) in [5, 5.41) is 19.0. The first-order chi connectivity index (χ1) is 15.2. The number of benzene rings is 1. The summed E-state index contributed by atoms with van der Waals surface area (Å²) in [6.07, 6.45) is -1.49. The first-order valence-corrected chi connectivity index (χ1v) is 10.2. The van der Waals surface area contributed by atoms with E-state index in [9.17, 15) is 18.3 Å². The van der Waals surface area contributed by atoms with Gasteiger partial charge in [0.2, 0.25) is 0 Å². The number of phenols is 1. The first kappa shape index (κ1) is 20.5. The van der Waals surface area contributed by atoms with Crippen molar-refractivity contribution in [2.24, 2.45) is 7.05 Å². The van der Waals surface area contributed by atoms with Crippen molar-refractivity contribution in [1.82, 2.24) is 25.1 Å². The average molecular weight is 442 g/mol. The summed E-state index contributed by atoms with van der Waals surface area (Å²) >= 11 is 0. The van der Waals surface area contributed by atoms with Crippen LogP contribution in [-0.2, 0) is 13.2 Å². The zero-order valence-corrected chi connectivity index (χ0v) is 17.5. The van der Waals surface area contributed by atoms with Gasteiger partial charge in [-0.25, -0.2) is 9.97 Å². The van der Waals surface area contributed by atoms with Crippen molar-refractivity contribution in [2.45, 2.75) is 13.1 Å². The molecule has 0 saturated carbocycles. The summed E-state index contributed by atoms with van der Waals surface area (Å²) in [5.74, 6) is -0.00321. The number of aromatic hydroxyl groups is 1. The minimum Gasteiger partial charge on any atom is -0.507 e. The monoisotopic (exact) mass is 442 g/mol. The molecule has 0 bridgehead atoms.